The Bertz CT molecular complexity index is 630. The molecule has 0 bridgehead atoms. The van der Waals surface area contributed by atoms with Crippen LogP contribution < -0.4 is 10.6 Å². The average molecular weight is 291 g/mol. The first-order valence-electron chi connectivity index (χ1n) is 6.12. The van der Waals surface area contributed by atoms with E-state index in [0.717, 1.165) is 12.2 Å². The zero-order valence-electron chi connectivity index (χ0n) is 11.1. The molecule has 0 aliphatic carbocycles. The molecule has 0 amide bonds. The first kappa shape index (κ1) is 14.2. The highest BCUT2D eigenvalue weighted by molar-refractivity contribution is 6.35. The van der Waals surface area contributed by atoms with Crippen LogP contribution in [-0.4, -0.2) is 26.3 Å². The first-order chi connectivity index (χ1) is 9.65. The quantitative estimate of drug-likeness (QED) is 0.846. The van der Waals surface area contributed by atoms with E-state index in [1.807, 2.05) is 24.1 Å². The van der Waals surface area contributed by atoms with Gasteiger partial charge >= 0.3 is 0 Å². The lowest BCUT2D eigenvalue weighted by molar-refractivity contribution is 0.684. The van der Waals surface area contributed by atoms with Crippen LogP contribution in [0.1, 0.15) is 12.6 Å². The fourth-order valence-electron chi connectivity index (χ4n) is 1.80. The molecule has 7 heteroatoms. The minimum absolute atomic E-state index is 0.271. The molecular weight excluding hydrogens is 276 g/mol. The second-order valence-corrected chi connectivity index (χ2v) is 4.50. The van der Waals surface area contributed by atoms with Crippen LogP contribution in [0.3, 0.4) is 0 Å². The molecule has 2 heterocycles. The number of halogens is 1. The van der Waals surface area contributed by atoms with E-state index in [9.17, 15) is 0 Å². The molecule has 0 aliphatic heterocycles. The molecule has 0 aromatic carbocycles. The van der Waals surface area contributed by atoms with Crippen molar-refractivity contribution in [3.8, 4) is 12.3 Å². The summed E-state index contributed by atoms with van der Waals surface area (Å²) in [5, 5.41) is 4.74. The lowest BCUT2D eigenvalue weighted by Crippen LogP contribution is -2.24. The van der Waals surface area contributed by atoms with E-state index in [4.69, 9.17) is 23.8 Å². The number of hydrogen-bond donors (Lipinski definition) is 1. The molecule has 0 atom stereocenters. The van der Waals surface area contributed by atoms with E-state index in [-0.39, 0.29) is 5.82 Å². The normalized spacial score (nSPS) is 10.2. The summed E-state index contributed by atoms with van der Waals surface area (Å²) < 4.78 is 1.71. The Morgan fingerprint density at radius 3 is 3.00 bits per heavy atom. The van der Waals surface area contributed by atoms with Crippen molar-refractivity contribution in [1.82, 2.24) is 19.7 Å². The third-order valence-electron chi connectivity index (χ3n) is 2.78. The number of hydrogen-bond acceptors (Lipinski definition) is 5. The maximum absolute atomic E-state index is 6.14. The zero-order chi connectivity index (χ0) is 14.5. The summed E-state index contributed by atoms with van der Waals surface area (Å²) in [6.45, 7) is 3.75. The molecule has 2 rings (SSSR count). The Morgan fingerprint density at radius 2 is 2.30 bits per heavy atom. The fraction of sp³-hybridized carbons (Fsp3) is 0.308. The summed E-state index contributed by atoms with van der Waals surface area (Å²) in [5.41, 5.74) is 6.58. The Morgan fingerprint density at radius 1 is 1.50 bits per heavy atom. The summed E-state index contributed by atoms with van der Waals surface area (Å²) in [5.74, 6) is 3.42. The number of terminal acetylenes is 1. The SMILES string of the molecule is C#CCn1ccc(CN(CC)c2ncnc(N)c2Cl)n1. The standard InChI is InChI=1S/C13H15ClN6/c1-3-6-20-7-5-10(18-20)8-19(4-2)13-11(14)12(15)16-9-17-13/h1,5,7,9H,4,6,8H2,2H3,(H2,15,16,17). The van der Waals surface area contributed by atoms with Gasteiger partial charge in [-0.25, -0.2) is 9.97 Å². The Hall–Kier alpha value is -2.26. The van der Waals surface area contributed by atoms with Gasteiger partial charge < -0.3 is 10.6 Å². The molecule has 0 aliphatic rings. The van der Waals surface area contributed by atoms with Crippen LogP contribution >= 0.6 is 11.6 Å². The van der Waals surface area contributed by atoms with E-state index in [0.29, 0.717) is 23.9 Å². The molecule has 0 unspecified atom stereocenters. The predicted molar refractivity (Wildman–Crippen MR) is 79.2 cm³/mol. The molecule has 0 saturated heterocycles. The minimum atomic E-state index is 0.271. The minimum Gasteiger partial charge on any atom is -0.382 e. The second-order valence-electron chi connectivity index (χ2n) is 4.12. The molecule has 2 aromatic heterocycles. The molecule has 0 radical (unpaired) electrons. The van der Waals surface area contributed by atoms with E-state index in [1.54, 1.807) is 4.68 Å². The molecule has 104 valence electrons. The average Bonchev–Trinajstić information content (AvgIpc) is 2.87. The third-order valence-corrected chi connectivity index (χ3v) is 3.14. The van der Waals surface area contributed by atoms with Crippen LogP contribution in [0.2, 0.25) is 5.02 Å². The van der Waals surface area contributed by atoms with Crippen LogP contribution in [-0.2, 0) is 13.1 Å². The van der Waals surface area contributed by atoms with Crippen LogP contribution in [0, 0.1) is 12.3 Å². The monoisotopic (exact) mass is 290 g/mol. The van der Waals surface area contributed by atoms with Gasteiger partial charge in [0.25, 0.3) is 0 Å². The van der Waals surface area contributed by atoms with Crippen molar-refractivity contribution in [2.75, 3.05) is 17.2 Å². The highest BCUT2D eigenvalue weighted by Crippen LogP contribution is 2.27. The van der Waals surface area contributed by atoms with E-state index in [1.165, 1.54) is 6.33 Å². The Balaban J connectivity index is 2.20. The number of aromatic nitrogens is 4. The van der Waals surface area contributed by atoms with Gasteiger partial charge in [-0.05, 0) is 13.0 Å². The summed E-state index contributed by atoms with van der Waals surface area (Å²) in [7, 11) is 0. The van der Waals surface area contributed by atoms with Crippen LogP contribution in [0.5, 0.6) is 0 Å². The van der Waals surface area contributed by atoms with Crippen molar-refractivity contribution < 1.29 is 0 Å². The van der Waals surface area contributed by atoms with Crippen molar-refractivity contribution in [2.24, 2.45) is 0 Å². The molecular formula is C13H15ClN6. The summed E-state index contributed by atoms with van der Waals surface area (Å²) in [6.07, 6.45) is 8.50. The van der Waals surface area contributed by atoms with Crippen molar-refractivity contribution in [2.45, 2.75) is 20.0 Å². The number of nitrogen functional groups attached to an aromatic ring is 1. The van der Waals surface area contributed by atoms with Gasteiger partial charge in [0.1, 0.15) is 23.7 Å². The summed E-state index contributed by atoms with van der Waals surface area (Å²) >= 11 is 6.14. The van der Waals surface area contributed by atoms with E-state index in [2.05, 4.69) is 21.0 Å². The maximum atomic E-state index is 6.14. The topological polar surface area (TPSA) is 72.9 Å². The van der Waals surface area contributed by atoms with Crippen molar-refractivity contribution >= 4 is 23.2 Å². The van der Waals surface area contributed by atoms with Crippen molar-refractivity contribution in [3.05, 3.63) is 29.3 Å². The number of anilines is 2. The lowest BCUT2D eigenvalue weighted by Gasteiger charge is -2.21. The number of nitrogens with zero attached hydrogens (tertiary/aromatic N) is 5. The van der Waals surface area contributed by atoms with Gasteiger partial charge in [-0.3, -0.25) is 4.68 Å². The summed E-state index contributed by atoms with van der Waals surface area (Å²) in [6, 6.07) is 1.92. The molecule has 20 heavy (non-hydrogen) atoms. The van der Waals surface area contributed by atoms with Crippen LogP contribution in [0.15, 0.2) is 18.6 Å². The first-order valence-corrected chi connectivity index (χ1v) is 6.50. The molecule has 2 N–H and O–H groups in total. The van der Waals surface area contributed by atoms with Gasteiger partial charge in [0.15, 0.2) is 5.82 Å². The van der Waals surface area contributed by atoms with Gasteiger partial charge in [-0.1, -0.05) is 17.5 Å². The third kappa shape index (κ3) is 3.00. The van der Waals surface area contributed by atoms with Crippen LogP contribution in [0.4, 0.5) is 11.6 Å². The highest BCUT2D eigenvalue weighted by atomic mass is 35.5. The maximum Gasteiger partial charge on any atom is 0.153 e. The Labute approximate surface area is 122 Å². The van der Waals surface area contributed by atoms with Gasteiger partial charge in [0.05, 0.1) is 12.2 Å². The molecule has 0 saturated carbocycles. The van der Waals surface area contributed by atoms with Crippen molar-refractivity contribution in [3.63, 3.8) is 0 Å². The predicted octanol–water partition coefficient (Wildman–Crippen LogP) is 1.57. The summed E-state index contributed by atoms with van der Waals surface area (Å²) in [4.78, 5) is 10.0. The van der Waals surface area contributed by atoms with Crippen molar-refractivity contribution in [1.29, 1.82) is 0 Å². The van der Waals surface area contributed by atoms with Gasteiger partial charge in [0.2, 0.25) is 0 Å². The zero-order valence-corrected chi connectivity index (χ0v) is 11.9. The van der Waals surface area contributed by atoms with Gasteiger partial charge in [-0.15, -0.1) is 6.42 Å². The fourth-order valence-corrected chi connectivity index (χ4v) is 2.01. The largest absolute Gasteiger partial charge is 0.382 e. The second kappa shape index (κ2) is 6.26. The lowest BCUT2D eigenvalue weighted by atomic mass is 10.3. The number of nitrogens with two attached hydrogens (primary N) is 1. The molecule has 0 fully saturated rings. The highest BCUT2D eigenvalue weighted by Gasteiger charge is 2.14. The van der Waals surface area contributed by atoms with Gasteiger partial charge in [-0.2, -0.15) is 5.10 Å². The molecule has 0 spiro atoms. The smallest absolute Gasteiger partial charge is 0.153 e. The number of rotatable bonds is 5. The van der Waals surface area contributed by atoms with E-state index >= 15 is 0 Å². The molecule has 2 aromatic rings. The molecule has 6 nitrogen and oxygen atoms in total. The van der Waals surface area contributed by atoms with Gasteiger partial charge in [0, 0.05) is 12.7 Å². The van der Waals surface area contributed by atoms with Crippen LogP contribution in [0.25, 0.3) is 0 Å². The Kier molecular flexibility index (Phi) is 4.43. The van der Waals surface area contributed by atoms with E-state index < -0.39 is 0 Å².